The second-order valence-corrected chi connectivity index (χ2v) is 5.46. The highest BCUT2D eigenvalue weighted by atomic mass is 16.9. The van der Waals surface area contributed by atoms with Crippen LogP contribution in [0.2, 0.25) is 0 Å². The molecule has 0 amide bonds. The Morgan fingerprint density at radius 2 is 1.12 bits per heavy atom. The van der Waals surface area contributed by atoms with Gasteiger partial charge in [0, 0.05) is 23.5 Å². The molecule has 2 aromatic rings. The third kappa shape index (κ3) is 5.07. The fraction of sp³-hybridized carbons (Fsp3) is 0. The molecular formula is C19H18N4O3. The van der Waals surface area contributed by atoms with Crippen molar-refractivity contribution in [2.24, 2.45) is 0 Å². The summed E-state index contributed by atoms with van der Waals surface area (Å²) in [7, 11) is 0. The number of anilines is 2. The van der Waals surface area contributed by atoms with Crippen molar-refractivity contribution in [3.63, 3.8) is 0 Å². The van der Waals surface area contributed by atoms with Gasteiger partial charge in [0.15, 0.2) is 5.71 Å². The van der Waals surface area contributed by atoms with E-state index in [0.29, 0.717) is 0 Å². The van der Waals surface area contributed by atoms with Crippen LogP contribution in [0.5, 0.6) is 0 Å². The maximum Gasteiger partial charge on any atom is 0.196 e. The number of nitrogens with zero attached hydrogens (tertiary/aromatic N) is 1. The van der Waals surface area contributed by atoms with Gasteiger partial charge in [-0.05, 0) is 58.7 Å². The molecule has 1 aliphatic carbocycles. The molecule has 7 nitrogen and oxygen atoms in total. The number of hydrogen-bond acceptors (Lipinski definition) is 5. The van der Waals surface area contributed by atoms with Gasteiger partial charge in [-0.15, -0.1) is 0 Å². The standard InChI is InChI=1S/C19H17N3.NO3/c20-16-7-1-13(2-8-16)19(14-3-9-17(21)10-4-14)15-5-11-18(22)12-6-15;2-1(3)4/h1-12,20H,21-22H2;/q;-1/p+1. The number of nitrogen functional groups attached to an aromatic ring is 2. The fourth-order valence-corrected chi connectivity index (χ4v) is 2.45. The molecule has 26 heavy (non-hydrogen) atoms. The molecule has 0 atom stereocenters. The van der Waals surface area contributed by atoms with Crippen molar-refractivity contribution in [2.45, 2.75) is 0 Å². The number of allylic oxidation sites excluding steroid dienone is 5. The summed E-state index contributed by atoms with van der Waals surface area (Å²) in [6, 6.07) is 15.7. The monoisotopic (exact) mass is 350 g/mol. The predicted octanol–water partition coefficient (Wildman–Crippen LogP) is 1.74. The smallest absolute Gasteiger partial charge is 0.196 e. The van der Waals surface area contributed by atoms with E-state index in [-0.39, 0.29) is 0 Å². The highest BCUT2D eigenvalue weighted by Gasteiger charge is 2.11. The average Bonchev–Trinajstić information content (AvgIpc) is 2.60. The first-order valence-electron chi connectivity index (χ1n) is 7.63. The molecule has 0 aromatic heterocycles. The van der Waals surface area contributed by atoms with Gasteiger partial charge in [0.25, 0.3) is 0 Å². The van der Waals surface area contributed by atoms with Crippen molar-refractivity contribution < 1.29 is 10.5 Å². The number of nitrogens with two attached hydrogens (primary N) is 3. The summed E-state index contributed by atoms with van der Waals surface area (Å²) >= 11 is 0. The van der Waals surface area contributed by atoms with E-state index in [2.05, 4.69) is 0 Å². The Bertz CT molecular complexity index is 826. The van der Waals surface area contributed by atoms with E-state index >= 15 is 0 Å². The van der Waals surface area contributed by atoms with Crippen molar-refractivity contribution in [1.29, 1.82) is 0 Å². The van der Waals surface area contributed by atoms with Gasteiger partial charge in [-0.25, -0.2) is 0 Å². The Morgan fingerprint density at radius 1 is 0.769 bits per heavy atom. The summed E-state index contributed by atoms with van der Waals surface area (Å²) in [5.74, 6) is 0. The van der Waals surface area contributed by atoms with Gasteiger partial charge < -0.3 is 26.8 Å². The molecule has 3 rings (SSSR count). The molecule has 6 N–H and O–H groups in total. The molecule has 0 unspecified atom stereocenters. The molecule has 0 saturated heterocycles. The first-order chi connectivity index (χ1) is 12.4. The highest BCUT2D eigenvalue weighted by molar-refractivity contribution is 6.03. The number of rotatable bonds is 2. The van der Waals surface area contributed by atoms with E-state index in [1.54, 1.807) is 0 Å². The second-order valence-electron chi connectivity index (χ2n) is 5.46. The number of benzene rings is 2. The second kappa shape index (κ2) is 8.29. The largest absolute Gasteiger partial charge is 0.399 e. The lowest BCUT2D eigenvalue weighted by molar-refractivity contribution is -0.402. The van der Waals surface area contributed by atoms with Crippen LogP contribution in [0.3, 0.4) is 0 Å². The molecule has 0 bridgehead atoms. The minimum absolute atomic E-state index is 0.748. The number of hydrogen-bond donors (Lipinski definition) is 3. The topological polar surface area (TPSA) is 144 Å². The lowest BCUT2D eigenvalue weighted by atomic mass is 9.90. The van der Waals surface area contributed by atoms with Crippen LogP contribution in [-0.4, -0.2) is 10.8 Å². The molecule has 132 valence electrons. The van der Waals surface area contributed by atoms with Crippen molar-refractivity contribution in [3.8, 4) is 0 Å². The molecule has 0 radical (unpaired) electrons. The minimum atomic E-state index is -1.75. The molecule has 0 fully saturated rings. The van der Waals surface area contributed by atoms with E-state index in [4.69, 9.17) is 32.2 Å². The van der Waals surface area contributed by atoms with Gasteiger partial charge in [0.05, 0.1) is 5.09 Å². The van der Waals surface area contributed by atoms with Crippen LogP contribution in [0, 0.1) is 15.3 Å². The lowest BCUT2D eigenvalue weighted by Gasteiger charge is -2.13. The molecule has 1 aliphatic rings. The van der Waals surface area contributed by atoms with Crippen LogP contribution in [0.4, 0.5) is 11.4 Å². The summed E-state index contributed by atoms with van der Waals surface area (Å²) in [5.41, 5.74) is 18.3. The van der Waals surface area contributed by atoms with Crippen LogP contribution in [0.15, 0.2) is 78.4 Å². The normalized spacial score (nSPS) is 12.3. The zero-order chi connectivity index (χ0) is 19.1. The van der Waals surface area contributed by atoms with Gasteiger partial charge in [0.2, 0.25) is 0 Å². The molecule has 0 spiro atoms. The maximum atomic E-state index is 8.25. The fourth-order valence-electron chi connectivity index (χ4n) is 2.45. The van der Waals surface area contributed by atoms with E-state index in [1.807, 2.05) is 72.8 Å². The first-order valence-corrected chi connectivity index (χ1v) is 7.63. The van der Waals surface area contributed by atoms with Crippen LogP contribution in [0.1, 0.15) is 11.1 Å². The zero-order valence-electron chi connectivity index (χ0n) is 13.8. The van der Waals surface area contributed by atoms with Crippen molar-refractivity contribution in [2.75, 3.05) is 11.5 Å². The Kier molecular flexibility index (Phi) is 5.89. The van der Waals surface area contributed by atoms with Crippen molar-refractivity contribution >= 4 is 22.7 Å². The Labute approximate surface area is 150 Å². The van der Waals surface area contributed by atoms with Crippen LogP contribution in [0.25, 0.3) is 5.57 Å². The summed E-state index contributed by atoms with van der Waals surface area (Å²) in [6.07, 6.45) is 7.86. The molecular weight excluding hydrogens is 332 g/mol. The third-order valence-electron chi connectivity index (χ3n) is 3.60. The highest BCUT2D eigenvalue weighted by Crippen LogP contribution is 2.30. The first kappa shape index (κ1) is 18.5. The van der Waals surface area contributed by atoms with Gasteiger partial charge in [-0.1, -0.05) is 24.3 Å². The average molecular weight is 350 g/mol. The molecule has 2 aromatic carbocycles. The van der Waals surface area contributed by atoms with Gasteiger partial charge >= 0.3 is 0 Å². The van der Waals surface area contributed by atoms with Gasteiger partial charge in [-0.3, -0.25) is 5.41 Å². The van der Waals surface area contributed by atoms with Crippen LogP contribution in [-0.2, 0) is 0 Å². The zero-order valence-corrected chi connectivity index (χ0v) is 13.8. The van der Waals surface area contributed by atoms with E-state index in [0.717, 1.165) is 39.4 Å². The SMILES string of the molecule is Nc1ccc(C(=C2C=CC(=[NH2+])C=C2)c2ccc(N)cc2)cc1.O=[N+]([O-])[O-]. The molecule has 0 aliphatic heterocycles. The third-order valence-corrected chi connectivity index (χ3v) is 3.60. The summed E-state index contributed by atoms with van der Waals surface area (Å²) in [6.45, 7) is 0. The van der Waals surface area contributed by atoms with E-state index < -0.39 is 5.09 Å². The Balaban J connectivity index is 0.000000552. The minimum Gasteiger partial charge on any atom is -0.399 e. The Hall–Kier alpha value is -3.87. The summed E-state index contributed by atoms with van der Waals surface area (Å²) in [5, 5.41) is 20.6. The molecule has 7 heteroatoms. The van der Waals surface area contributed by atoms with Crippen molar-refractivity contribution in [1.82, 2.24) is 0 Å². The predicted molar refractivity (Wildman–Crippen MR) is 103 cm³/mol. The Morgan fingerprint density at radius 3 is 1.46 bits per heavy atom. The van der Waals surface area contributed by atoms with E-state index in [1.165, 1.54) is 0 Å². The van der Waals surface area contributed by atoms with Gasteiger partial charge in [0.1, 0.15) is 0 Å². The maximum absolute atomic E-state index is 8.25. The van der Waals surface area contributed by atoms with Crippen molar-refractivity contribution in [3.05, 3.63) is 105 Å². The lowest BCUT2D eigenvalue weighted by Crippen LogP contribution is -2.37. The van der Waals surface area contributed by atoms with E-state index in [9.17, 15) is 0 Å². The summed E-state index contributed by atoms with van der Waals surface area (Å²) in [4.78, 5) is 8.25. The molecule has 0 heterocycles. The summed E-state index contributed by atoms with van der Waals surface area (Å²) < 4.78 is 0. The quantitative estimate of drug-likeness (QED) is 0.429. The van der Waals surface area contributed by atoms with Crippen LogP contribution >= 0.6 is 0 Å². The molecule has 0 saturated carbocycles. The van der Waals surface area contributed by atoms with Crippen LogP contribution < -0.4 is 16.9 Å². The van der Waals surface area contributed by atoms with Gasteiger partial charge in [-0.2, -0.15) is 0 Å².